The highest BCUT2D eigenvalue weighted by atomic mass is 16.3. The van der Waals surface area contributed by atoms with Crippen LogP contribution in [0.4, 0.5) is 17.1 Å². The van der Waals surface area contributed by atoms with E-state index in [0.29, 0.717) is 0 Å². The van der Waals surface area contributed by atoms with Crippen molar-refractivity contribution in [2.24, 2.45) is 0 Å². The summed E-state index contributed by atoms with van der Waals surface area (Å²) >= 11 is 0. The van der Waals surface area contributed by atoms with Crippen molar-refractivity contribution in [2.75, 3.05) is 4.90 Å². The lowest BCUT2D eigenvalue weighted by Gasteiger charge is -2.31. The second kappa shape index (κ2) is 14.6. The first kappa shape index (κ1) is 38.6. The van der Waals surface area contributed by atoms with E-state index in [1.807, 2.05) is 18.2 Å². The molecule has 0 fully saturated rings. The first-order valence-corrected chi connectivity index (χ1v) is 22.0. The molecule has 0 saturated carbocycles. The van der Waals surface area contributed by atoms with Gasteiger partial charge in [-0.3, -0.25) is 0 Å². The van der Waals surface area contributed by atoms with Crippen LogP contribution in [-0.2, 0) is 10.8 Å². The van der Waals surface area contributed by atoms with Crippen molar-refractivity contribution in [1.82, 2.24) is 0 Å². The summed E-state index contributed by atoms with van der Waals surface area (Å²) < 4.78 is 13.0. The minimum Gasteiger partial charge on any atom is -0.456 e. The highest BCUT2D eigenvalue weighted by Crippen LogP contribution is 2.50. The first-order chi connectivity index (χ1) is 30.5. The van der Waals surface area contributed by atoms with Crippen molar-refractivity contribution >= 4 is 71.7 Å². The third-order valence-corrected chi connectivity index (χ3v) is 12.8. The van der Waals surface area contributed by atoms with Crippen LogP contribution in [-0.4, -0.2) is 0 Å². The minimum atomic E-state index is -0.0167. The number of furan rings is 2. The molecule has 63 heavy (non-hydrogen) atoms. The number of rotatable bonds is 6. The van der Waals surface area contributed by atoms with E-state index in [2.05, 4.69) is 216 Å². The molecular weight excluding hydrogens is 767 g/mol. The SMILES string of the molecule is CC(C)(C)c1cc(-c2cccc3cccc(-c4ccccc4N(c4ccccc4-c4ccc5c(c4)oc4ccccc45)c4cccc5oc6ccccc6c45)c23)cc(C(C)(C)C)c1. The molecule has 0 N–H and O–H groups in total. The molecule has 0 aliphatic rings. The van der Waals surface area contributed by atoms with E-state index in [1.54, 1.807) is 0 Å². The highest BCUT2D eigenvalue weighted by molar-refractivity contribution is 6.16. The molecule has 0 aliphatic heterocycles. The zero-order valence-electron chi connectivity index (χ0n) is 36.7. The fraction of sp³-hybridized carbons (Fsp3) is 0.133. The van der Waals surface area contributed by atoms with Gasteiger partial charge in [0.15, 0.2) is 0 Å². The molecule has 11 aromatic rings. The van der Waals surface area contributed by atoms with Gasteiger partial charge in [0.2, 0.25) is 0 Å². The molecule has 0 spiro atoms. The van der Waals surface area contributed by atoms with Gasteiger partial charge < -0.3 is 13.7 Å². The predicted molar refractivity (Wildman–Crippen MR) is 267 cm³/mol. The van der Waals surface area contributed by atoms with Crippen LogP contribution in [0.3, 0.4) is 0 Å². The van der Waals surface area contributed by atoms with Crippen LogP contribution in [0.15, 0.2) is 197 Å². The zero-order chi connectivity index (χ0) is 43.0. The maximum absolute atomic E-state index is 6.57. The summed E-state index contributed by atoms with van der Waals surface area (Å²) in [4.78, 5) is 2.46. The highest BCUT2D eigenvalue weighted by Gasteiger charge is 2.26. The maximum Gasteiger partial charge on any atom is 0.137 e. The fourth-order valence-corrected chi connectivity index (χ4v) is 9.49. The second-order valence-corrected chi connectivity index (χ2v) is 18.9. The molecule has 0 amide bonds. The van der Waals surface area contributed by atoms with Gasteiger partial charge in [-0.15, -0.1) is 0 Å². The quantitative estimate of drug-likeness (QED) is 0.167. The average Bonchev–Trinajstić information content (AvgIpc) is 3.87. The van der Waals surface area contributed by atoms with E-state index in [-0.39, 0.29) is 10.8 Å². The number of fused-ring (bicyclic) bond motifs is 7. The minimum absolute atomic E-state index is 0.0167. The maximum atomic E-state index is 6.57. The summed E-state index contributed by atoms with van der Waals surface area (Å²) in [6, 6.07) is 68.1. The molecular formula is C60H49NO2. The van der Waals surface area contributed by atoms with E-state index in [4.69, 9.17) is 8.83 Å². The molecule has 11 rings (SSSR count). The first-order valence-electron chi connectivity index (χ1n) is 22.0. The van der Waals surface area contributed by atoms with Gasteiger partial charge in [-0.1, -0.05) is 181 Å². The lowest BCUT2D eigenvalue weighted by Crippen LogP contribution is -2.16. The molecule has 0 aliphatic carbocycles. The van der Waals surface area contributed by atoms with Gasteiger partial charge >= 0.3 is 0 Å². The number of hydrogen-bond donors (Lipinski definition) is 0. The lowest BCUT2D eigenvalue weighted by molar-refractivity contribution is 0.569. The number of hydrogen-bond acceptors (Lipinski definition) is 3. The van der Waals surface area contributed by atoms with Crippen LogP contribution >= 0.6 is 0 Å². The van der Waals surface area contributed by atoms with Gasteiger partial charge in [-0.05, 0) is 104 Å². The van der Waals surface area contributed by atoms with Gasteiger partial charge in [0, 0.05) is 27.3 Å². The Hall–Kier alpha value is -7.36. The van der Waals surface area contributed by atoms with Crippen molar-refractivity contribution in [3.8, 4) is 33.4 Å². The van der Waals surface area contributed by atoms with E-state index in [1.165, 1.54) is 38.6 Å². The van der Waals surface area contributed by atoms with Gasteiger partial charge in [0.1, 0.15) is 22.3 Å². The molecule has 3 heteroatoms. The molecule has 0 unspecified atom stereocenters. The molecule has 2 heterocycles. The standard InChI is InChI=1S/C60H49NO2/c1-59(2,3)41-34-40(35-42(37-41)60(4,5)6)44-24-15-18-38-19-16-25-48(57(38)44)45-21-8-12-27-51(45)61(52-28-17-31-55-58(52)49-23-10-14-30-54(49)62-55)50-26-11-7-20-43(50)39-32-33-47-46-22-9-13-29-53(46)63-56(47)36-39/h7-37H,1-6H3. The monoisotopic (exact) mass is 815 g/mol. The molecule has 0 bridgehead atoms. The third kappa shape index (κ3) is 6.58. The summed E-state index contributed by atoms with van der Waals surface area (Å²) in [6.07, 6.45) is 0. The van der Waals surface area contributed by atoms with Gasteiger partial charge in [-0.25, -0.2) is 0 Å². The van der Waals surface area contributed by atoms with Crippen molar-refractivity contribution in [3.63, 3.8) is 0 Å². The molecule has 0 saturated heterocycles. The Labute approximate surface area is 368 Å². The predicted octanol–water partition coefficient (Wildman–Crippen LogP) is 17.7. The van der Waals surface area contributed by atoms with Gasteiger partial charge in [-0.2, -0.15) is 0 Å². The fourth-order valence-electron chi connectivity index (χ4n) is 9.49. The molecule has 3 nitrogen and oxygen atoms in total. The number of para-hydroxylation sites is 4. The summed E-state index contributed by atoms with van der Waals surface area (Å²) in [6.45, 7) is 13.9. The average molecular weight is 816 g/mol. The Morgan fingerprint density at radius 3 is 1.56 bits per heavy atom. The Balaban J connectivity index is 1.19. The normalized spacial score (nSPS) is 12.3. The largest absolute Gasteiger partial charge is 0.456 e. The Morgan fingerprint density at radius 2 is 0.841 bits per heavy atom. The molecule has 306 valence electrons. The Morgan fingerprint density at radius 1 is 0.333 bits per heavy atom. The smallest absolute Gasteiger partial charge is 0.137 e. The molecule has 9 aromatic carbocycles. The zero-order valence-corrected chi connectivity index (χ0v) is 36.7. The van der Waals surface area contributed by atoms with Gasteiger partial charge in [0.05, 0.1) is 22.4 Å². The summed E-state index contributed by atoms with van der Waals surface area (Å²) in [7, 11) is 0. The van der Waals surface area contributed by atoms with Crippen LogP contribution < -0.4 is 4.90 Å². The van der Waals surface area contributed by atoms with E-state index in [0.717, 1.165) is 77.6 Å². The number of benzene rings is 9. The summed E-state index contributed by atoms with van der Waals surface area (Å²) in [5.41, 5.74) is 16.2. The van der Waals surface area contributed by atoms with Crippen molar-refractivity contribution < 1.29 is 8.83 Å². The third-order valence-electron chi connectivity index (χ3n) is 12.8. The number of nitrogens with zero attached hydrogens (tertiary/aromatic N) is 1. The molecule has 2 aromatic heterocycles. The van der Waals surface area contributed by atoms with Crippen molar-refractivity contribution in [3.05, 3.63) is 199 Å². The summed E-state index contributed by atoms with van der Waals surface area (Å²) in [5.74, 6) is 0. The van der Waals surface area contributed by atoms with E-state index >= 15 is 0 Å². The Kier molecular flexibility index (Phi) is 8.96. The van der Waals surface area contributed by atoms with Crippen LogP contribution in [0.1, 0.15) is 52.7 Å². The molecule has 0 atom stereocenters. The summed E-state index contributed by atoms with van der Waals surface area (Å²) in [5, 5.41) is 6.81. The Bertz CT molecular complexity index is 3510. The van der Waals surface area contributed by atoms with Crippen molar-refractivity contribution in [1.29, 1.82) is 0 Å². The number of anilines is 3. The molecule has 0 radical (unpaired) electrons. The van der Waals surface area contributed by atoms with E-state index in [9.17, 15) is 0 Å². The van der Waals surface area contributed by atoms with E-state index < -0.39 is 0 Å². The van der Waals surface area contributed by atoms with Gasteiger partial charge in [0.25, 0.3) is 0 Å². The van der Waals surface area contributed by atoms with Crippen LogP contribution in [0.2, 0.25) is 0 Å². The van der Waals surface area contributed by atoms with Crippen LogP contribution in [0.5, 0.6) is 0 Å². The van der Waals surface area contributed by atoms with Crippen molar-refractivity contribution in [2.45, 2.75) is 52.4 Å². The second-order valence-electron chi connectivity index (χ2n) is 18.9. The topological polar surface area (TPSA) is 29.5 Å². The van der Waals surface area contributed by atoms with Crippen LogP contribution in [0, 0.1) is 0 Å². The van der Waals surface area contributed by atoms with Crippen LogP contribution in [0.25, 0.3) is 88.0 Å². The lowest BCUT2D eigenvalue weighted by atomic mass is 9.78.